The van der Waals surface area contributed by atoms with E-state index in [2.05, 4.69) is 6.07 Å². The zero-order valence-corrected chi connectivity index (χ0v) is 23.0. The Morgan fingerprint density at radius 2 is 1.23 bits per heavy atom. The van der Waals surface area contributed by atoms with Gasteiger partial charge in [-0.25, -0.2) is 9.88 Å². The summed E-state index contributed by atoms with van der Waals surface area (Å²) in [6.45, 7) is 0. The van der Waals surface area contributed by atoms with Gasteiger partial charge in [-0.1, -0.05) is 83.3 Å². The van der Waals surface area contributed by atoms with Gasteiger partial charge in [0.2, 0.25) is 0 Å². The van der Waals surface area contributed by atoms with Crippen LogP contribution >= 0.6 is 34.8 Å². The van der Waals surface area contributed by atoms with Crippen LogP contribution in [0.5, 0.6) is 0 Å². The molecular formula is C32H18Cl3N3O2. The Labute approximate surface area is 245 Å². The summed E-state index contributed by atoms with van der Waals surface area (Å²) in [6.07, 6.45) is 0. The maximum atomic E-state index is 13.9. The number of hydrogen-bond acceptors (Lipinski definition) is 4. The summed E-state index contributed by atoms with van der Waals surface area (Å²) < 4.78 is 0. The van der Waals surface area contributed by atoms with Crippen LogP contribution in [0.4, 0.5) is 5.82 Å². The van der Waals surface area contributed by atoms with E-state index in [0.717, 1.165) is 4.90 Å². The molecular weight excluding hydrogens is 565 g/mol. The number of nitriles is 1. The summed E-state index contributed by atoms with van der Waals surface area (Å²) in [5.41, 5.74) is 2.64. The molecule has 0 saturated heterocycles. The van der Waals surface area contributed by atoms with Crippen molar-refractivity contribution in [1.82, 2.24) is 4.98 Å². The highest BCUT2D eigenvalue weighted by Crippen LogP contribution is 2.39. The highest BCUT2D eigenvalue weighted by molar-refractivity contribution is 6.36. The van der Waals surface area contributed by atoms with Gasteiger partial charge in [-0.3, -0.25) is 9.59 Å². The number of aromatic nitrogens is 1. The molecule has 1 aromatic heterocycles. The molecule has 40 heavy (non-hydrogen) atoms. The van der Waals surface area contributed by atoms with Crippen molar-refractivity contribution in [2.24, 2.45) is 0 Å². The first kappa shape index (κ1) is 27.1. The van der Waals surface area contributed by atoms with E-state index in [1.165, 1.54) is 0 Å². The lowest BCUT2D eigenvalue weighted by atomic mass is 9.97. The highest BCUT2D eigenvalue weighted by Gasteiger charge is 2.31. The van der Waals surface area contributed by atoms with Gasteiger partial charge in [0.1, 0.15) is 6.07 Å². The van der Waals surface area contributed by atoms with Gasteiger partial charge in [-0.2, -0.15) is 5.26 Å². The number of hydrogen-bond donors (Lipinski definition) is 0. The van der Waals surface area contributed by atoms with Crippen LogP contribution in [-0.2, 0) is 0 Å². The van der Waals surface area contributed by atoms with E-state index in [4.69, 9.17) is 39.8 Å². The maximum Gasteiger partial charge on any atom is 0.266 e. The van der Waals surface area contributed by atoms with E-state index >= 15 is 0 Å². The van der Waals surface area contributed by atoms with Crippen molar-refractivity contribution in [3.63, 3.8) is 0 Å². The summed E-state index contributed by atoms with van der Waals surface area (Å²) in [4.78, 5) is 33.5. The molecule has 5 rings (SSSR count). The SMILES string of the molecule is N#Cc1cc(-c2ccc(Cl)cc2)c(-c2ccc(Cl)cc2Cl)nc1N(C(=O)c1ccccc1)C(=O)c1ccccc1. The van der Waals surface area contributed by atoms with Crippen LogP contribution in [0, 0.1) is 11.3 Å². The van der Waals surface area contributed by atoms with E-state index in [1.807, 2.05) is 0 Å². The zero-order chi connectivity index (χ0) is 28.2. The lowest BCUT2D eigenvalue weighted by Crippen LogP contribution is -2.38. The molecule has 5 aromatic rings. The number of pyridine rings is 1. The quantitative estimate of drug-likeness (QED) is 0.194. The minimum absolute atomic E-state index is 0.0207. The number of benzene rings is 4. The largest absolute Gasteiger partial charge is 0.268 e. The zero-order valence-electron chi connectivity index (χ0n) is 20.7. The summed E-state index contributed by atoms with van der Waals surface area (Å²) >= 11 is 18.9. The third-order valence-corrected chi connectivity index (χ3v) is 6.92. The third kappa shape index (κ3) is 5.47. The Morgan fingerprint density at radius 3 is 1.75 bits per heavy atom. The molecule has 1 heterocycles. The lowest BCUT2D eigenvalue weighted by Gasteiger charge is -2.23. The van der Waals surface area contributed by atoms with Crippen LogP contribution in [0.1, 0.15) is 26.3 Å². The number of imide groups is 1. The molecule has 0 spiro atoms. The van der Waals surface area contributed by atoms with Crippen LogP contribution < -0.4 is 4.90 Å². The number of halogens is 3. The van der Waals surface area contributed by atoms with Crippen molar-refractivity contribution in [2.75, 3.05) is 4.90 Å². The molecule has 0 unspecified atom stereocenters. The average molecular weight is 583 g/mol. The summed E-state index contributed by atoms with van der Waals surface area (Å²) in [5, 5.41) is 11.5. The summed E-state index contributed by atoms with van der Waals surface area (Å²) in [7, 11) is 0. The van der Waals surface area contributed by atoms with E-state index in [0.29, 0.717) is 37.5 Å². The standard InChI is InChI=1S/C32H18Cl3N3O2/c33-24-13-11-20(12-14-24)27-17-23(19-36)30(37-29(27)26-16-15-25(34)18-28(26)35)38(31(39)21-7-3-1-4-8-21)32(40)22-9-5-2-6-10-22/h1-18H. The molecule has 5 nitrogen and oxygen atoms in total. The van der Waals surface area contributed by atoms with Gasteiger partial charge in [-0.15, -0.1) is 0 Å². The molecule has 0 radical (unpaired) electrons. The minimum Gasteiger partial charge on any atom is -0.268 e. The lowest BCUT2D eigenvalue weighted by molar-refractivity contribution is 0.0896. The second-order valence-corrected chi connectivity index (χ2v) is 9.96. The average Bonchev–Trinajstić information content (AvgIpc) is 2.98. The number of carbonyl (C=O) groups is 2. The van der Waals surface area contributed by atoms with Crippen LogP contribution in [-0.4, -0.2) is 16.8 Å². The molecule has 0 aliphatic rings. The second-order valence-electron chi connectivity index (χ2n) is 8.68. The predicted octanol–water partition coefficient (Wildman–Crippen LogP) is 8.73. The number of nitrogens with zero attached hydrogens (tertiary/aromatic N) is 3. The van der Waals surface area contributed by atoms with E-state index in [1.54, 1.807) is 109 Å². The Balaban J connectivity index is 1.81. The number of anilines is 1. The number of rotatable bonds is 5. The normalized spacial score (nSPS) is 10.6. The van der Waals surface area contributed by atoms with E-state index in [9.17, 15) is 14.9 Å². The molecule has 0 bridgehead atoms. The topological polar surface area (TPSA) is 74.1 Å². The van der Waals surface area contributed by atoms with Crippen molar-refractivity contribution < 1.29 is 9.59 Å². The van der Waals surface area contributed by atoms with Gasteiger partial charge in [-0.05, 0) is 66.2 Å². The van der Waals surface area contributed by atoms with Crippen molar-refractivity contribution in [2.45, 2.75) is 0 Å². The molecule has 0 fully saturated rings. The monoisotopic (exact) mass is 581 g/mol. The fourth-order valence-electron chi connectivity index (χ4n) is 4.20. The van der Waals surface area contributed by atoms with Gasteiger partial charge in [0, 0.05) is 32.3 Å². The predicted molar refractivity (Wildman–Crippen MR) is 159 cm³/mol. The van der Waals surface area contributed by atoms with E-state index < -0.39 is 11.8 Å². The molecule has 194 valence electrons. The van der Waals surface area contributed by atoms with Crippen molar-refractivity contribution >= 4 is 52.4 Å². The molecule has 0 N–H and O–H groups in total. The van der Waals surface area contributed by atoms with Crippen molar-refractivity contribution in [3.8, 4) is 28.5 Å². The number of amides is 2. The Morgan fingerprint density at radius 1 is 0.675 bits per heavy atom. The van der Waals surface area contributed by atoms with Gasteiger partial charge < -0.3 is 0 Å². The van der Waals surface area contributed by atoms with E-state index in [-0.39, 0.29) is 22.5 Å². The molecule has 0 atom stereocenters. The van der Waals surface area contributed by atoms with Crippen LogP contribution in [0.15, 0.2) is 109 Å². The van der Waals surface area contributed by atoms with Gasteiger partial charge in [0.25, 0.3) is 11.8 Å². The van der Waals surface area contributed by atoms with Gasteiger partial charge in [0.05, 0.1) is 16.3 Å². The van der Waals surface area contributed by atoms with Crippen LogP contribution in [0.2, 0.25) is 15.1 Å². The second kappa shape index (κ2) is 11.7. The minimum atomic E-state index is -0.633. The highest BCUT2D eigenvalue weighted by atomic mass is 35.5. The molecule has 2 amide bonds. The first-order valence-electron chi connectivity index (χ1n) is 12.0. The molecule has 4 aromatic carbocycles. The first-order valence-corrected chi connectivity index (χ1v) is 13.2. The van der Waals surface area contributed by atoms with Crippen LogP contribution in [0.25, 0.3) is 22.4 Å². The van der Waals surface area contributed by atoms with Gasteiger partial charge in [0.15, 0.2) is 5.82 Å². The Kier molecular flexibility index (Phi) is 7.95. The number of carbonyl (C=O) groups excluding carboxylic acids is 2. The Bertz CT molecular complexity index is 1720. The molecule has 0 aliphatic carbocycles. The molecule has 0 aliphatic heterocycles. The summed E-state index contributed by atoms with van der Waals surface area (Å²) in [6, 6.07) is 32.3. The third-order valence-electron chi connectivity index (χ3n) is 6.12. The molecule has 8 heteroatoms. The van der Waals surface area contributed by atoms with Crippen molar-refractivity contribution in [3.05, 3.63) is 141 Å². The van der Waals surface area contributed by atoms with Crippen LogP contribution in [0.3, 0.4) is 0 Å². The Hall–Kier alpha value is -4.47. The van der Waals surface area contributed by atoms with Gasteiger partial charge >= 0.3 is 0 Å². The fourth-order valence-corrected chi connectivity index (χ4v) is 4.82. The fraction of sp³-hybridized carbons (Fsp3) is 0. The first-order chi connectivity index (χ1) is 19.4. The van der Waals surface area contributed by atoms with Crippen molar-refractivity contribution in [1.29, 1.82) is 5.26 Å². The summed E-state index contributed by atoms with van der Waals surface area (Å²) in [5.74, 6) is -1.39. The smallest absolute Gasteiger partial charge is 0.266 e. The molecule has 0 saturated carbocycles. The maximum absolute atomic E-state index is 13.9.